The Morgan fingerprint density at radius 2 is 1.70 bits per heavy atom. The maximum atomic E-state index is 11.8. The number of aromatic nitrogens is 1. The number of hydrogen-bond acceptors (Lipinski definition) is 6. The highest BCUT2D eigenvalue weighted by atomic mass is 16.7. The second-order valence-corrected chi connectivity index (χ2v) is 11.2. The Balaban J connectivity index is 1.28. The molecule has 4 aromatic rings. The lowest BCUT2D eigenvalue weighted by molar-refractivity contribution is -0.252. The number of hydrogen-bond donors (Lipinski definition) is 3. The fourth-order valence-electron chi connectivity index (χ4n) is 5.42. The molecule has 1 saturated heterocycles. The van der Waals surface area contributed by atoms with E-state index in [1.54, 1.807) is 0 Å². The molecule has 0 radical (unpaired) electrons. The number of carbonyl (C=O) groups is 1. The quantitative estimate of drug-likeness (QED) is 0.193. The third-order valence-electron chi connectivity index (χ3n) is 7.84. The van der Waals surface area contributed by atoms with Crippen molar-refractivity contribution in [3.05, 3.63) is 125 Å². The lowest BCUT2D eigenvalue weighted by atomic mass is 9.99. The van der Waals surface area contributed by atoms with Crippen LogP contribution >= 0.6 is 0 Å². The third kappa shape index (κ3) is 8.74. The average Bonchev–Trinajstić information content (AvgIpc) is 3.07. The molecule has 230 valence electrons. The van der Waals surface area contributed by atoms with E-state index in [-0.39, 0.29) is 24.8 Å². The number of amides is 2. The molecular formula is C36H42N4O4. The highest BCUT2D eigenvalue weighted by Gasteiger charge is 2.32. The average molecular weight is 595 g/mol. The van der Waals surface area contributed by atoms with Gasteiger partial charge in [0, 0.05) is 56.5 Å². The van der Waals surface area contributed by atoms with Gasteiger partial charge in [0.25, 0.3) is 0 Å². The van der Waals surface area contributed by atoms with Gasteiger partial charge in [-0.1, -0.05) is 72.8 Å². The molecule has 8 heteroatoms. The van der Waals surface area contributed by atoms with Gasteiger partial charge in [0.05, 0.1) is 18.8 Å². The van der Waals surface area contributed by atoms with Crippen LogP contribution in [0.1, 0.15) is 53.7 Å². The van der Waals surface area contributed by atoms with E-state index >= 15 is 0 Å². The van der Waals surface area contributed by atoms with Gasteiger partial charge in [-0.2, -0.15) is 0 Å². The van der Waals surface area contributed by atoms with Crippen molar-refractivity contribution in [2.45, 2.75) is 51.4 Å². The molecule has 1 fully saturated rings. The monoisotopic (exact) mass is 594 g/mol. The van der Waals surface area contributed by atoms with E-state index in [2.05, 4.69) is 70.0 Å². The van der Waals surface area contributed by atoms with Crippen LogP contribution in [0.15, 0.2) is 97.2 Å². The Morgan fingerprint density at radius 1 is 0.909 bits per heavy atom. The molecule has 1 aliphatic heterocycles. The Bertz CT molecular complexity index is 1460. The minimum absolute atomic E-state index is 0.0151. The maximum absolute atomic E-state index is 11.8. The van der Waals surface area contributed by atoms with Crippen molar-refractivity contribution in [1.29, 1.82) is 0 Å². The molecule has 0 saturated carbocycles. The summed E-state index contributed by atoms with van der Waals surface area (Å²) in [5, 5.41) is 15.2. The van der Waals surface area contributed by atoms with Crippen LogP contribution in [0.4, 0.5) is 4.79 Å². The number of carbonyl (C=O) groups excluding carboxylic acids is 1. The summed E-state index contributed by atoms with van der Waals surface area (Å²) in [4.78, 5) is 18.6. The number of ether oxygens (including phenoxy) is 2. The first-order chi connectivity index (χ1) is 21.5. The molecular weight excluding hydrogens is 552 g/mol. The molecule has 2 heterocycles. The summed E-state index contributed by atoms with van der Waals surface area (Å²) in [5.74, 6) is 0. The lowest BCUT2D eigenvalue weighted by Gasteiger charge is -2.38. The fraction of sp³-hybridized carbons (Fsp3) is 0.333. The number of pyridine rings is 1. The minimum atomic E-state index is -0.512. The van der Waals surface area contributed by atoms with Gasteiger partial charge in [-0.15, -0.1) is 0 Å². The highest BCUT2D eigenvalue weighted by Crippen LogP contribution is 2.38. The van der Waals surface area contributed by atoms with Crippen molar-refractivity contribution in [2.24, 2.45) is 0 Å². The van der Waals surface area contributed by atoms with E-state index < -0.39 is 6.29 Å². The molecule has 1 aliphatic rings. The SMILES string of the molecule is CCNC(=O)NCc1cccc(-c2ccc([C@@H]3O[C@H](CN(C)CCc4ccccn4)C[C@H](c4ccc(CO)cc4)O3)cc2)c1. The molecule has 0 bridgehead atoms. The van der Waals surface area contributed by atoms with Gasteiger partial charge in [0.15, 0.2) is 6.29 Å². The number of aliphatic hydroxyl groups excluding tert-OH is 1. The summed E-state index contributed by atoms with van der Waals surface area (Å²) in [6.45, 7) is 4.61. The molecule has 3 aromatic carbocycles. The Labute approximate surface area is 260 Å². The van der Waals surface area contributed by atoms with Crippen molar-refractivity contribution in [3.63, 3.8) is 0 Å². The van der Waals surface area contributed by atoms with Gasteiger partial charge in [-0.05, 0) is 60.0 Å². The summed E-state index contributed by atoms with van der Waals surface area (Å²) in [5.41, 5.74) is 7.17. The van der Waals surface area contributed by atoms with Gasteiger partial charge < -0.3 is 30.1 Å². The zero-order chi connectivity index (χ0) is 30.7. The topological polar surface area (TPSA) is 96.0 Å². The molecule has 8 nitrogen and oxygen atoms in total. The van der Waals surface area contributed by atoms with Crippen molar-refractivity contribution in [2.75, 3.05) is 26.7 Å². The van der Waals surface area contributed by atoms with Gasteiger partial charge >= 0.3 is 6.03 Å². The normalized spacial score (nSPS) is 18.2. The first-order valence-corrected chi connectivity index (χ1v) is 15.3. The van der Waals surface area contributed by atoms with Crippen LogP contribution in [0.2, 0.25) is 0 Å². The Morgan fingerprint density at radius 3 is 2.43 bits per heavy atom. The number of rotatable bonds is 12. The first kappa shape index (κ1) is 31.3. The molecule has 0 aliphatic carbocycles. The molecule has 3 atom stereocenters. The van der Waals surface area contributed by atoms with Crippen LogP contribution in [0.3, 0.4) is 0 Å². The zero-order valence-electron chi connectivity index (χ0n) is 25.5. The molecule has 3 N–H and O–H groups in total. The highest BCUT2D eigenvalue weighted by molar-refractivity contribution is 5.73. The first-order valence-electron chi connectivity index (χ1n) is 15.3. The van der Waals surface area contributed by atoms with E-state index in [9.17, 15) is 9.90 Å². The Hall–Kier alpha value is -4.08. The van der Waals surface area contributed by atoms with E-state index in [1.807, 2.05) is 61.7 Å². The summed E-state index contributed by atoms with van der Waals surface area (Å²) >= 11 is 0. The largest absolute Gasteiger partial charge is 0.392 e. The number of nitrogens with zero attached hydrogens (tertiary/aromatic N) is 2. The van der Waals surface area contributed by atoms with E-state index in [0.717, 1.165) is 65.0 Å². The van der Waals surface area contributed by atoms with Gasteiger partial charge in [0.1, 0.15) is 0 Å². The van der Waals surface area contributed by atoms with Crippen molar-refractivity contribution < 1.29 is 19.4 Å². The van der Waals surface area contributed by atoms with Crippen LogP contribution in [0, 0.1) is 0 Å². The second kappa shape index (κ2) is 15.6. The van der Waals surface area contributed by atoms with Crippen molar-refractivity contribution in [3.8, 4) is 11.1 Å². The zero-order valence-corrected chi connectivity index (χ0v) is 25.5. The molecule has 2 amide bonds. The van der Waals surface area contributed by atoms with Crippen LogP contribution < -0.4 is 10.6 Å². The summed E-state index contributed by atoms with van der Waals surface area (Å²) in [6, 6.07) is 30.3. The predicted octanol–water partition coefficient (Wildman–Crippen LogP) is 5.78. The predicted molar refractivity (Wildman–Crippen MR) is 172 cm³/mol. The van der Waals surface area contributed by atoms with Crippen molar-refractivity contribution in [1.82, 2.24) is 20.5 Å². The number of benzene rings is 3. The molecule has 0 unspecified atom stereocenters. The summed E-state index contributed by atoms with van der Waals surface area (Å²) in [6.07, 6.45) is 2.77. The summed E-state index contributed by atoms with van der Waals surface area (Å²) < 4.78 is 13.1. The van der Waals surface area contributed by atoms with Crippen LogP contribution in [0.25, 0.3) is 11.1 Å². The van der Waals surface area contributed by atoms with Crippen LogP contribution in [-0.4, -0.2) is 53.8 Å². The molecule has 5 rings (SSSR count). The number of nitrogens with one attached hydrogen (secondary N) is 2. The standard InChI is InChI=1S/C36H42N4O4/c1-3-37-36(42)39-23-27-7-6-8-31(21-27)28-14-16-30(17-15-28)35-43-33(24-40(2)20-18-32-9-4-5-19-38-32)22-34(44-35)29-12-10-26(25-41)11-13-29/h4-17,19,21,33-35,41H,3,18,20,22-25H2,1-2H3,(H2,37,39,42)/t33-,34+,35+/m0/s1. The molecule has 0 spiro atoms. The second-order valence-electron chi connectivity index (χ2n) is 11.2. The Kier molecular flexibility index (Phi) is 11.1. The summed E-state index contributed by atoms with van der Waals surface area (Å²) in [7, 11) is 2.12. The maximum Gasteiger partial charge on any atom is 0.315 e. The smallest absolute Gasteiger partial charge is 0.315 e. The van der Waals surface area contributed by atoms with Crippen molar-refractivity contribution >= 4 is 6.03 Å². The fourth-order valence-corrected chi connectivity index (χ4v) is 5.42. The third-order valence-corrected chi connectivity index (χ3v) is 7.84. The van der Waals surface area contributed by atoms with Gasteiger partial charge in [0.2, 0.25) is 0 Å². The lowest BCUT2D eigenvalue weighted by Crippen LogP contribution is -2.38. The van der Waals surface area contributed by atoms with Gasteiger partial charge in [-0.3, -0.25) is 4.98 Å². The molecule has 44 heavy (non-hydrogen) atoms. The minimum Gasteiger partial charge on any atom is -0.392 e. The number of likely N-dealkylation sites (N-methyl/N-ethyl adjacent to an activating group) is 1. The van der Waals surface area contributed by atoms with Gasteiger partial charge in [-0.25, -0.2) is 4.79 Å². The van der Waals surface area contributed by atoms with E-state index in [0.29, 0.717) is 13.1 Å². The van der Waals surface area contributed by atoms with Crippen LogP contribution in [-0.2, 0) is 29.0 Å². The van der Waals surface area contributed by atoms with E-state index in [4.69, 9.17) is 9.47 Å². The van der Waals surface area contributed by atoms with Crippen LogP contribution in [0.5, 0.6) is 0 Å². The molecule has 1 aromatic heterocycles. The number of aliphatic hydroxyl groups is 1. The number of urea groups is 1. The van der Waals surface area contributed by atoms with E-state index in [1.165, 1.54) is 0 Å².